The van der Waals surface area contributed by atoms with Crippen LogP contribution in [-0.4, -0.2) is 37.0 Å². The second kappa shape index (κ2) is 8.02. The molecule has 0 spiro atoms. The smallest absolute Gasteiger partial charge is 0.307 e. The van der Waals surface area contributed by atoms with E-state index in [4.69, 9.17) is 5.73 Å². The van der Waals surface area contributed by atoms with Crippen LogP contribution in [0.25, 0.3) is 0 Å². The van der Waals surface area contributed by atoms with Gasteiger partial charge >= 0.3 is 5.97 Å². The summed E-state index contributed by atoms with van der Waals surface area (Å²) in [6.45, 7) is 4.93. The first kappa shape index (κ1) is 17.5. The maximum Gasteiger partial charge on any atom is 0.307 e. The number of methoxy groups -OCH3 is 1. The third kappa shape index (κ3) is 5.38. The lowest BCUT2D eigenvalue weighted by Crippen LogP contribution is -2.36. The topological polar surface area (TPSA) is 72.6 Å². The van der Waals surface area contributed by atoms with E-state index in [1.54, 1.807) is 23.1 Å². The highest BCUT2D eigenvalue weighted by Crippen LogP contribution is 2.22. The molecule has 0 saturated heterocycles. The van der Waals surface area contributed by atoms with Crippen molar-refractivity contribution >= 4 is 33.5 Å². The number of amides is 1. The van der Waals surface area contributed by atoms with E-state index in [9.17, 15) is 9.59 Å². The Morgan fingerprint density at radius 2 is 2.05 bits per heavy atom. The molecule has 1 aromatic carbocycles. The van der Waals surface area contributed by atoms with Crippen molar-refractivity contribution in [2.45, 2.75) is 20.3 Å². The van der Waals surface area contributed by atoms with Crippen molar-refractivity contribution in [2.24, 2.45) is 5.92 Å². The number of nitrogens with zero attached hydrogens (tertiary/aromatic N) is 1. The molecule has 21 heavy (non-hydrogen) atoms. The van der Waals surface area contributed by atoms with E-state index >= 15 is 0 Å². The van der Waals surface area contributed by atoms with Crippen LogP contribution in [0.3, 0.4) is 0 Å². The van der Waals surface area contributed by atoms with Gasteiger partial charge in [0.05, 0.1) is 19.1 Å². The lowest BCUT2D eigenvalue weighted by atomic mass is 10.1. The summed E-state index contributed by atoms with van der Waals surface area (Å²) in [6, 6.07) is 5.11. The summed E-state index contributed by atoms with van der Waals surface area (Å²) >= 11 is 3.36. The van der Waals surface area contributed by atoms with Gasteiger partial charge < -0.3 is 15.4 Å². The van der Waals surface area contributed by atoms with Crippen LogP contribution in [-0.2, 0) is 9.53 Å². The average Bonchev–Trinajstić information content (AvgIpc) is 2.44. The number of carbonyl (C=O) groups is 2. The Kier molecular flexibility index (Phi) is 6.68. The van der Waals surface area contributed by atoms with Gasteiger partial charge in [0.1, 0.15) is 0 Å². The number of hydrogen-bond donors (Lipinski definition) is 1. The average molecular weight is 357 g/mol. The van der Waals surface area contributed by atoms with Gasteiger partial charge in [0.25, 0.3) is 5.91 Å². The minimum atomic E-state index is -0.330. The standard InChI is InChI=1S/C15H21BrN2O3/c1-10(2)9-18(7-6-14(19)21-3)15(20)12-8-11(17)4-5-13(12)16/h4-5,8,10H,6-7,9,17H2,1-3H3. The monoisotopic (exact) mass is 356 g/mol. The molecule has 0 atom stereocenters. The van der Waals surface area contributed by atoms with E-state index in [1.807, 2.05) is 13.8 Å². The first-order valence-electron chi connectivity index (χ1n) is 6.76. The van der Waals surface area contributed by atoms with E-state index in [0.29, 0.717) is 34.7 Å². The second-order valence-electron chi connectivity index (χ2n) is 5.21. The van der Waals surface area contributed by atoms with Crippen LogP contribution in [0.2, 0.25) is 0 Å². The molecule has 116 valence electrons. The van der Waals surface area contributed by atoms with E-state index in [2.05, 4.69) is 20.7 Å². The Morgan fingerprint density at radius 1 is 1.38 bits per heavy atom. The molecule has 2 N–H and O–H groups in total. The molecule has 0 unspecified atom stereocenters. The predicted molar refractivity (Wildman–Crippen MR) is 85.9 cm³/mol. The molecule has 0 saturated carbocycles. The van der Waals surface area contributed by atoms with Crippen LogP contribution >= 0.6 is 15.9 Å². The summed E-state index contributed by atoms with van der Waals surface area (Å²) in [5.41, 5.74) is 6.77. The number of esters is 1. The van der Waals surface area contributed by atoms with Crippen molar-refractivity contribution in [3.63, 3.8) is 0 Å². The lowest BCUT2D eigenvalue weighted by Gasteiger charge is -2.25. The van der Waals surface area contributed by atoms with Gasteiger partial charge in [-0.3, -0.25) is 9.59 Å². The van der Waals surface area contributed by atoms with Gasteiger partial charge in [0.15, 0.2) is 0 Å². The highest BCUT2D eigenvalue weighted by atomic mass is 79.9. The number of halogens is 1. The Labute approximate surface area is 133 Å². The van der Waals surface area contributed by atoms with Gasteiger partial charge in [0, 0.05) is 23.2 Å². The molecule has 0 aliphatic heterocycles. The Morgan fingerprint density at radius 3 is 2.62 bits per heavy atom. The summed E-state index contributed by atoms with van der Waals surface area (Å²) in [4.78, 5) is 25.6. The lowest BCUT2D eigenvalue weighted by molar-refractivity contribution is -0.140. The van der Waals surface area contributed by atoms with E-state index in [-0.39, 0.29) is 18.3 Å². The number of carbonyl (C=O) groups excluding carboxylic acids is 2. The molecule has 5 nitrogen and oxygen atoms in total. The fraction of sp³-hybridized carbons (Fsp3) is 0.467. The Balaban J connectivity index is 2.93. The largest absolute Gasteiger partial charge is 0.469 e. The van der Waals surface area contributed by atoms with Gasteiger partial charge in [-0.25, -0.2) is 0 Å². The van der Waals surface area contributed by atoms with Crippen molar-refractivity contribution in [3.8, 4) is 0 Å². The SMILES string of the molecule is COC(=O)CCN(CC(C)C)C(=O)c1cc(N)ccc1Br. The van der Waals surface area contributed by atoms with E-state index < -0.39 is 0 Å². The van der Waals surface area contributed by atoms with Crippen molar-refractivity contribution in [1.82, 2.24) is 4.90 Å². The zero-order chi connectivity index (χ0) is 16.0. The predicted octanol–water partition coefficient (Wildman–Crippen LogP) is 2.69. The molecule has 0 aromatic heterocycles. The highest BCUT2D eigenvalue weighted by Gasteiger charge is 2.20. The van der Waals surface area contributed by atoms with Crippen LogP contribution < -0.4 is 5.73 Å². The van der Waals surface area contributed by atoms with Crippen molar-refractivity contribution in [2.75, 3.05) is 25.9 Å². The van der Waals surface area contributed by atoms with Crippen molar-refractivity contribution < 1.29 is 14.3 Å². The van der Waals surface area contributed by atoms with E-state index in [0.717, 1.165) is 0 Å². The van der Waals surface area contributed by atoms with Crippen LogP contribution in [0.15, 0.2) is 22.7 Å². The molecule has 0 aliphatic rings. The molecular formula is C15H21BrN2O3. The number of ether oxygens (including phenoxy) is 1. The normalized spacial score (nSPS) is 10.5. The summed E-state index contributed by atoms with van der Waals surface area (Å²) in [6.07, 6.45) is 0.175. The van der Waals surface area contributed by atoms with Crippen molar-refractivity contribution in [3.05, 3.63) is 28.2 Å². The molecule has 0 aliphatic carbocycles. The fourth-order valence-corrected chi connectivity index (χ4v) is 2.34. The number of anilines is 1. The molecule has 1 aromatic rings. The Hall–Kier alpha value is -1.56. The second-order valence-corrected chi connectivity index (χ2v) is 6.06. The minimum absolute atomic E-state index is 0.147. The number of rotatable bonds is 6. The first-order chi connectivity index (χ1) is 9.85. The van der Waals surface area contributed by atoms with Gasteiger partial charge in [0.2, 0.25) is 0 Å². The maximum atomic E-state index is 12.6. The van der Waals surface area contributed by atoms with Crippen LogP contribution in [0, 0.1) is 5.92 Å². The molecule has 0 heterocycles. The Bertz CT molecular complexity index is 518. The molecule has 1 rings (SSSR count). The summed E-state index contributed by atoms with van der Waals surface area (Å²) < 4.78 is 5.32. The third-order valence-corrected chi connectivity index (χ3v) is 3.60. The summed E-state index contributed by atoms with van der Waals surface area (Å²) in [5.74, 6) is -0.179. The quantitative estimate of drug-likeness (QED) is 0.628. The third-order valence-electron chi connectivity index (χ3n) is 2.91. The van der Waals surface area contributed by atoms with Crippen LogP contribution in [0.4, 0.5) is 5.69 Å². The number of nitrogen functional groups attached to an aromatic ring is 1. The number of hydrogen-bond acceptors (Lipinski definition) is 4. The molecule has 0 fully saturated rings. The minimum Gasteiger partial charge on any atom is -0.469 e. The molecule has 1 amide bonds. The molecule has 0 bridgehead atoms. The summed E-state index contributed by atoms with van der Waals surface area (Å²) in [5, 5.41) is 0. The maximum absolute atomic E-state index is 12.6. The molecule has 6 heteroatoms. The summed E-state index contributed by atoms with van der Waals surface area (Å²) in [7, 11) is 1.34. The van der Waals surface area contributed by atoms with Gasteiger partial charge in [-0.05, 0) is 40.0 Å². The first-order valence-corrected chi connectivity index (χ1v) is 7.55. The van der Waals surface area contributed by atoms with Crippen LogP contribution in [0.1, 0.15) is 30.6 Å². The number of nitrogens with two attached hydrogens (primary N) is 1. The van der Waals surface area contributed by atoms with Gasteiger partial charge in [-0.1, -0.05) is 13.8 Å². The van der Waals surface area contributed by atoms with Gasteiger partial charge in [-0.2, -0.15) is 0 Å². The zero-order valence-electron chi connectivity index (χ0n) is 12.6. The number of benzene rings is 1. The van der Waals surface area contributed by atoms with Crippen molar-refractivity contribution in [1.29, 1.82) is 0 Å². The van der Waals surface area contributed by atoms with E-state index in [1.165, 1.54) is 7.11 Å². The van der Waals surface area contributed by atoms with Gasteiger partial charge in [-0.15, -0.1) is 0 Å². The molecule has 0 radical (unpaired) electrons. The fourth-order valence-electron chi connectivity index (χ4n) is 1.92. The zero-order valence-corrected chi connectivity index (χ0v) is 14.1. The molecular weight excluding hydrogens is 336 g/mol. The van der Waals surface area contributed by atoms with Crippen LogP contribution in [0.5, 0.6) is 0 Å². The highest BCUT2D eigenvalue weighted by molar-refractivity contribution is 9.10.